The number of aromatic nitrogens is 1. The maximum absolute atomic E-state index is 11.4. The van der Waals surface area contributed by atoms with Crippen molar-refractivity contribution in [3.05, 3.63) is 17.8 Å². The molecule has 5 nitrogen and oxygen atoms in total. The van der Waals surface area contributed by atoms with Crippen LogP contribution < -0.4 is 16.4 Å². The smallest absolute Gasteiger partial charge is 0.221 e. The zero-order valence-electron chi connectivity index (χ0n) is 10.6. The van der Waals surface area contributed by atoms with Gasteiger partial charge in [0, 0.05) is 19.0 Å². The number of amides is 1. The van der Waals surface area contributed by atoms with E-state index in [9.17, 15) is 4.79 Å². The van der Waals surface area contributed by atoms with Gasteiger partial charge in [0.2, 0.25) is 5.91 Å². The molecule has 1 heterocycles. The highest BCUT2D eigenvalue weighted by Crippen LogP contribution is 2.13. The molecule has 0 aliphatic rings. The zero-order chi connectivity index (χ0) is 12.8. The number of aryl methyl sites for hydroxylation is 1. The van der Waals surface area contributed by atoms with Crippen LogP contribution in [0.1, 0.15) is 25.8 Å². The van der Waals surface area contributed by atoms with Crippen molar-refractivity contribution in [1.29, 1.82) is 0 Å². The highest BCUT2D eigenvalue weighted by molar-refractivity contribution is 5.76. The molecule has 0 atom stereocenters. The topological polar surface area (TPSA) is 80.0 Å². The molecule has 4 N–H and O–H groups in total. The summed E-state index contributed by atoms with van der Waals surface area (Å²) in [5.74, 6) is 0.817. The van der Waals surface area contributed by atoms with Crippen LogP contribution in [0.5, 0.6) is 0 Å². The van der Waals surface area contributed by atoms with Gasteiger partial charge in [-0.05, 0) is 32.4 Å². The Morgan fingerprint density at radius 2 is 2.24 bits per heavy atom. The first kappa shape index (κ1) is 13.3. The van der Waals surface area contributed by atoms with Crippen LogP contribution in [0.3, 0.4) is 0 Å². The van der Waals surface area contributed by atoms with Gasteiger partial charge in [-0.15, -0.1) is 0 Å². The fourth-order valence-corrected chi connectivity index (χ4v) is 1.47. The fourth-order valence-electron chi connectivity index (χ4n) is 1.47. The second kappa shape index (κ2) is 6.08. The summed E-state index contributed by atoms with van der Waals surface area (Å²) in [4.78, 5) is 15.6. The number of rotatable bonds is 5. The number of carbonyl (C=O) groups excluding carboxylic acids is 1. The molecule has 0 radical (unpaired) electrons. The Morgan fingerprint density at radius 1 is 1.53 bits per heavy atom. The van der Waals surface area contributed by atoms with Gasteiger partial charge in [0.1, 0.15) is 5.82 Å². The number of nitrogens with zero attached hydrogens (tertiary/aromatic N) is 1. The first-order chi connectivity index (χ1) is 7.99. The summed E-state index contributed by atoms with van der Waals surface area (Å²) >= 11 is 0. The molecule has 0 bridgehead atoms. The summed E-state index contributed by atoms with van der Waals surface area (Å²) in [7, 11) is 0. The molecule has 5 heteroatoms. The number of carbonyl (C=O) groups is 1. The zero-order valence-corrected chi connectivity index (χ0v) is 10.6. The van der Waals surface area contributed by atoms with Crippen molar-refractivity contribution in [3.63, 3.8) is 0 Å². The van der Waals surface area contributed by atoms with Crippen molar-refractivity contribution < 1.29 is 4.79 Å². The molecule has 0 fully saturated rings. The predicted octanol–water partition coefficient (Wildman–Crippen LogP) is 1.30. The molecule has 17 heavy (non-hydrogen) atoms. The van der Waals surface area contributed by atoms with Crippen LogP contribution in [-0.4, -0.2) is 23.5 Å². The molecule has 0 saturated carbocycles. The van der Waals surface area contributed by atoms with E-state index in [1.165, 1.54) is 0 Å². The van der Waals surface area contributed by atoms with Gasteiger partial charge in [-0.2, -0.15) is 0 Å². The molecule has 1 amide bonds. The van der Waals surface area contributed by atoms with Gasteiger partial charge < -0.3 is 16.4 Å². The molecule has 0 saturated heterocycles. The van der Waals surface area contributed by atoms with E-state index in [0.29, 0.717) is 18.7 Å². The minimum Gasteiger partial charge on any atom is -0.397 e. The predicted molar refractivity (Wildman–Crippen MR) is 69.8 cm³/mol. The number of hydrogen-bond acceptors (Lipinski definition) is 4. The highest BCUT2D eigenvalue weighted by atomic mass is 16.1. The third kappa shape index (κ3) is 4.72. The minimum absolute atomic E-state index is 0.0422. The third-order valence-corrected chi connectivity index (χ3v) is 2.19. The van der Waals surface area contributed by atoms with Crippen molar-refractivity contribution >= 4 is 17.4 Å². The van der Waals surface area contributed by atoms with E-state index in [2.05, 4.69) is 15.6 Å². The van der Waals surface area contributed by atoms with E-state index in [1.807, 2.05) is 26.8 Å². The Morgan fingerprint density at radius 3 is 2.82 bits per heavy atom. The second-order valence-electron chi connectivity index (χ2n) is 4.33. The molecule has 1 aromatic rings. The Kier molecular flexibility index (Phi) is 4.75. The highest BCUT2D eigenvalue weighted by Gasteiger charge is 2.04. The summed E-state index contributed by atoms with van der Waals surface area (Å²) < 4.78 is 0. The maximum atomic E-state index is 11.4. The van der Waals surface area contributed by atoms with Gasteiger partial charge in [-0.1, -0.05) is 0 Å². The molecule has 94 valence electrons. The number of pyridine rings is 1. The standard InChI is InChI=1S/C12H20N4O/c1-8(2)16-11(17)4-5-14-12-9(3)6-10(13)7-15-12/h6-8H,4-5,13H2,1-3H3,(H,14,15)(H,16,17). The van der Waals surface area contributed by atoms with Crippen molar-refractivity contribution in [3.8, 4) is 0 Å². The third-order valence-electron chi connectivity index (χ3n) is 2.19. The van der Waals surface area contributed by atoms with Gasteiger partial charge in [-0.25, -0.2) is 4.98 Å². The normalized spacial score (nSPS) is 10.4. The molecule has 0 aliphatic carbocycles. The molecule has 1 rings (SSSR count). The van der Waals surface area contributed by atoms with E-state index >= 15 is 0 Å². The lowest BCUT2D eigenvalue weighted by Gasteiger charge is -2.10. The van der Waals surface area contributed by atoms with Gasteiger partial charge >= 0.3 is 0 Å². The molecule has 1 aromatic heterocycles. The van der Waals surface area contributed by atoms with Gasteiger partial charge in [0.15, 0.2) is 0 Å². The number of nitrogen functional groups attached to an aromatic ring is 1. The van der Waals surface area contributed by atoms with Gasteiger partial charge in [0.05, 0.1) is 11.9 Å². The van der Waals surface area contributed by atoms with E-state index in [-0.39, 0.29) is 11.9 Å². The lowest BCUT2D eigenvalue weighted by Crippen LogP contribution is -2.31. The van der Waals surface area contributed by atoms with E-state index in [0.717, 1.165) is 11.4 Å². The molecule has 0 spiro atoms. The largest absolute Gasteiger partial charge is 0.397 e. The van der Waals surface area contributed by atoms with Crippen LogP contribution in [0.25, 0.3) is 0 Å². The van der Waals surface area contributed by atoms with E-state index < -0.39 is 0 Å². The average Bonchev–Trinajstić information content (AvgIpc) is 2.20. The van der Waals surface area contributed by atoms with Crippen LogP contribution in [0.15, 0.2) is 12.3 Å². The number of nitrogens with one attached hydrogen (secondary N) is 2. The summed E-state index contributed by atoms with van der Waals surface area (Å²) in [6, 6.07) is 2.03. The summed E-state index contributed by atoms with van der Waals surface area (Å²) in [5.41, 5.74) is 7.23. The van der Waals surface area contributed by atoms with E-state index in [1.54, 1.807) is 6.20 Å². The maximum Gasteiger partial charge on any atom is 0.221 e. The van der Waals surface area contributed by atoms with Crippen LogP contribution >= 0.6 is 0 Å². The SMILES string of the molecule is Cc1cc(N)cnc1NCCC(=O)NC(C)C. The number of hydrogen-bond donors (Lipinski definition) is 3. The fraction of sp³-hybridized carbons (Fsp3) is 0.500. The summed E-state index contributed by atoms with van der Waals surface area (Å²) in [6.07, 6.45) is 2.03. The van der Waals surface area contributed by atoms with Crippen LogP contribution in [0.4, 0.5) is 11.5 Å². The van der Waals surface area contributed by atoms with Gasteiger partial charge in [0.25, 0.3) is 0 Å². The van der Waals surface area contributed by atoms with E-state index in [4.69, 9.17) is 5.73 Å². The molecule has 0 aliphatic heterocycles. The van der Waals surface area contributed by atoms with Crippen molar-refractivity contribution in [2.45, 2.75) is 33.2 Å². The summed E-state index contributed by atoms with van der Waals surface area (Å²) in [5, 5.41) is 5.95. The Bertz CT molecular complexity index is 390. The molecular formula is C12H20N4O. The second-order valence-corrected chi connectivity index (χ2v) is 4.33. The molecule has 0 unspecified atom stereocenters. The monoisotopic (exact) mass is 236 g/mol. The number of nitrogens with two attached hydrogens (primary N) is 1. The van der Waals surface area contributed by atoms with Gasteiger partial charge in [-0.3, -0.25) is 4.79 Å². The van der Waals surface area contributed by atoms with Crippen molar-refractivity contribution in [2.24, 2.45) is 0 Å². The lowest BCUT2D eigenvalue weighted by atomic mass is 10.2. The Balaban J connectivity index is 2.38. The first-order valence-corrected chi connectivity index (χ1v) is 5.74. The van der Waals surface area contributed by atoms with Crippen LogP contribution in [0, 0.1) is 6.92 Å². The summed E-state index contributed by atoms with van der Waals surface area (Å²) in [6.45, 7) is 6.38. The van der Waals surface area contributed by atoms with Crippen molar-refractivity contribution in [2.75, 3.05) is 17.6 Å². The molecular weight excluding hydrogens is 216 g/mol. The molecule has 0 aromatic carbocycles. The van der Waals surface area contributed by atoms with Crippen molar-refractivity contribution in [1.82, 2.24) is 10.3 Å². The Hall–Kier alpha value is -1.78. The first-order valence-electron chi connectivity index (χ1n) is 5.74. The Labute approximate surface area is 102 Å². The van der Waals surface area contributed by atoms with Crippen LogP contribution in [0.2, 0.25) is 0 Å². The van der Waals surface area contributed by atoms with Crippen LogP contribution in [-0.2, 0) is 4.79 Å². The number of anilines is 2. The minimum atomic E-state index is 0.0422. The lowest BCUT2D eigenvalue weighted by molar-refractivity contribution is -0.121. The quantitative estimate of drug-likeness (QED) is 0.720. The average molecular weight is 236 g/mol.